The van der Waals surface area contributed by atoms with Crippen molar-refractivity contribution >= 4 is 11.9 Å². The van der Waals surface area contributed by atoms with Gasteiger partial charge in [0.25, 0.3) is 5.91 Å². The van der Waals surface area contributed by atoms with E-state index < -0.39 is 12.3 Å². The Morgan fingerprint density at radius 2 is 1.87 bits per heavy atom. The molecule has 23 heavy (non-hydrogen) atoms. The van der Waals surface area contributed by atoms with Gasteiger partial charge in [0.15, 0.2) is 5.96 Å². The Kier molecular flexibility index (Phi) is 4.25. The average molecular weight is 327 g/mol. The van der Waals surface area contributed by atoms with E-state index in [1.165, 1.54) is 23.0 Å². The van der Waals surface area contributed by atoms with Crippen molar-refractivity contribution in [3.05, 3.63) is 41.7 Å². The van der Waals surface area contributed by atoms with Crippen molar-refractivity contribution in [1.29, 1.82) is 0 Å². The van der Waals surface area contributed by atoms with Gasteiger partial charge in [0.1, 0.15) is 5.75 Å². The zero-order valence-corrected chi connectivity index (χ0v) is 11.8. The zero-order valence-electron chi connectivity index (χ0n) is 11.8. The number of amides is 1. The van der Waals surface area contributed by atoms with E-state index in [4.69, 9.17) is 11.5 Å². The highest BCUT2D eigenvalue weighted by atomic mass is 19.4. The Hall–Kier alpha value is -3.04. The molecule has 2 rings (SSSR count). The summed E-state index contributed by atoms with van der Waals surface area (Å²) in [5.74, 6) is -1.40. The number of nitrogens with zero attached hydrogens (tertiary/aromatic N) is 3. The number of carbonyl (C=O) groups is 1. The molecule has 0 saturated heterocycles. The van der Waals surface area contributed by atoms with Crippen molar-refractivity contribution in [3.8, 4) is 11.4 Å². The van der Waals surface area contributed by atoms with Crippen molar-refractivity contribution in [1.82, 2.24) is 9.78 Å². The molecule has 0 spiro atoms. The fourth-order valence-corrected chi connectivity index (χ4v) is 1.85. The third kappa shape index (κ3) is 3.99. The van der Waals surface area contributed by atoms with Crippen LogP contribution in [0.2, 0.25) is 0 Å². The molecule has 0 bridgehead atoms. The second-order valence-corrected chi connectivity index (χ2v) is 4.44. The summed E-state index contributed by atoms with van der Waals surface area (Å²) in [6, 6.07) is 5.02. The van der Waals surface area contributed by atoms with Crippen LogP contribution in [0.15, 0.2) is 35.5 Å². The lowest BCUT2D eigenvalue weighted by molar-refractivity contribution is -0.274. The molecule has 0 unspecified atom stereocenters. The van der Waals surface area contributed by atoms with Crippen LogP contribution < -0.4 is 16.2 Å². The van der Waals surface area contributed by atoms with E-state index >= 15 is 0 Å². The van der Waals surface area contributed by atoms with Crippen LogP contribution in [0.4, 0.5) is 13.2 Å². The summed E-state index contributed by atoms with van der Waals surface area (Å²) in [4.78, 5) is 15.2. The third-order valence-electron chi connectivity index (χ3n) is 2.79. The summed E-state index contributed by atoms with van der Waals surface area (Å²) >= 11 is 0. The molecule has 0 aliphatic carbocycles. The smallest absolute Gasteiger partial charge is 0.406 e. The van der Waals surface area contributed by atoms with E-state index in [-0.39, 0.29) is 17.3 Å². The van der Waals surface area contributed by atoms with Crippen LogP contribution in [0.3, 0.4) is 0 Å². The number of hydrogen-bond acceptors (Lipinski definition) is 3. The number of carbonyl (C=O) groups excluding carboxylic acids is 1. The summed E-state index contributed by atoms with van der Waals surface area (Å²) < 4.78 is 41.5. The maximum absolute atomic E-state index is 12.1. The van der Waals surface area contributed by atoms with Gasteiger partial charge in [0.2, 0.25) is 0 Å². The second-order valence-electron chi connectivity index (χ2n) is 4.44. The molecule has 4 N–H and O–H groups in total. The molecule has 7 nitrogen and oxygen atoms in total. The highest BCUT2D eigenvalue weighted by molar-refractivity contribution is 6.02. The maximum atomic E-state index is 12.1. The van der Waals surface area contributed by atoms with E-state index in [0.29, 0.717) is 11.4 Å². The number of aromatic nitrogens is 2. The van der Waals surface area contributed by atoms with Crippen LogP contribution in [0.1, 0.15) is 16.1 Å². The second kappa shape index (κ2) is 5.99. The van der Waals surface area contributed by atoms with Gasteiger partial charge in [-0.1, -0.05) is 0 Å². The lowest BCUT2D eigenvalue weighted by Crippen LogP contribution is -2.24. The Balaban J connectivity index is 2.28. The molecule has 1 aromatic heterocycles. The molecule has 1 aromatic carbocycles. The van der Waals surface area contributed by atoms with Gasteiger partial charge in [-0.25, -0.2) is 4.68 Å². The standard InChI is InChI=1S/C13H12F3N5O2/c1-7-10(11(22)20-12(17)18)6-19-21(7)8-2-4-9(5-3-8)23-13(14,15)16/h2-6H,1H3,(H4,17,18,20,22). The van der Waals surface area contributed by atoms with Crippen LogP contribution in [0, 0.1) is 6.92 Å². The van der Waals surface area contributed by atoms with Gasteiger partial charge >= 0.3 is 6.36 Å². The molecule has 0 atom stereocenters. The van der Waals surface area contributed by atoms with Crippen LogP contribution in [0.25, 0.3) is 5.69 Å². The first-order valence-electron chi connectivity index (χ1n) is 6.22. The van der Waals surface area contributed by atoms with Crippen LogP contribution in [0.5, 0.6) is 5.75 Å². The predicted octanol–water partition coefficient (Wildman–Crippen LogP) is 1.49. The van der Waals surface area contributed by atoms with E-state index in [2.05, 4.69) is 14.8 Å². The Bertz CT molecular complexity index is 746. The molecule has 122 valence electrons. The number of rotatable bonds is 3. The molecular formula is C13H12F3N5O2. The minimum Gasteiger partial charge on any atom is -0.406 e. The minimum atomic E-state index is -4.76. The Labute approximate surface area is 128 Å². The fraction of sp³-hybridized carbons (Fsp3) is 0.154. The van der Waals surface area contributed by atoms with E-state index in [0.717, 1.165) is 12.1 Å². The largest absolute Gasteiger partial charge is 0.573 e. The summed E-state index contributed by atoms with van der Waals surface area (Å²) in [7, 11) is 0. The van der Waals surface area contributed by atoms with Gasteiger partial charge in [-0.2, -0.15) is 10.1 Å². The summed E-state index contributed by atoms with van der Waals surface area (Å²) in [5.41, 5.74) is 11.3. The predicted molar refractivity (Wildman–Crippen MR) is 75.1 cm³/mol. The van der Waals surface area contributed by atoms with Gasteiger partial charge in [-0.3, -0.25) is 4.79 Å². The number of alkyl halides is 3. The lowest BCUT2D eigenvalue weighted by atomic mass is 10.2. The first-order valence-corrected chi connectivity index (χ1v) is 6.22. The molecule has 1 heterocycles. The first-order chi connectivity index (χ1) is 10.7. The van der Waals surface area contributed by atoms with Gasteiger partial charge in [-0.05, 0) is 31.2 Å². The van der Waals surface area contributed by atoms with Gasteiger partial charge < -0.3 is 16.2 Å². The van der Waals surface area contributed by atoms with E-state index in [1.54, 1.807) is 6.92 Å². The van der Waals surface area contributed by atoms with Crippen molar-refractivity contribution in [3.63, 3.8) is 0 Å². The SMILES string of the molecule is Cc1c(C(=O)N=C(N)N)cnn1-c1ccc(OC(F)(F)F)cc1. The van der Waals surface area contributed by atoms with Crippen LogP contribution in [-0.4, -0.2) is 28.0 Å². The number of ether oxygens (including phenoxy) is 1. The van der Waals surface area contributed by atoms with Crippen molar-refractivity contribution in [2.24, 2.45) is 16.5 Å². The molecule has 0 saturated carbocycles. The normalized spacial score (nSPS) is 11.1. The summed E-state index contributed by atoms with van der Waals surface area (Å²) in [6.45, 7) is 1.60. The molecular weight excluding hydrogens is 315 g/mol. The zero-order chi connectivity index (χ0) is 17.2. The molecule has 0 fully saturated rings. The molecule has 0 radical (unpaired) electrons. The quantitative estimate of drug-likeness (QED) is 0.656. The van der Waals surface area contributed by atoms with Crippen LogP contribution in [-0.2, 0) is 0 Å². The molecule has 2 aromatic rings. The topological polar surface area (TPSA) is 109 Å². The highest BCUT2D eigenvalue weighted by Crippen LogP contribution is 2.24. The number of benzene rings is 1. The lowest BCUT2D eigenvalue weighted by Gasteiger charge is -2.10. The average Bonchev–Trinajstić information content (AvgIpc) is 2.79. The molecule has 1 amide bonds. The Morgan fingerprint density at radius 1 is 1.26 bits per heavy atom. The van der Waals surface area contributed by atoms with Gasteiger partial charge in [0, 0.05) is 0 Å². The van der Waals surface area contributed by atoms with Gasteiger partial charge in [0.05, 0.1) is 23.1 Å². The molecule has 0 aliphatic rings. The molecule has 10 heteroatoms. The van der Waals surface area contributed by atoms with Crippen molar-refractivity contribution in [2.75, 3.05) is 0 Å². The summed E-state index contributed by atoms with van der Waals surface area (Å²) in [5, 5.41) is 4.00. The van der Waals surface area contributed by atoms with Crippen molar-refractivity contribution in [2.45, 2.75) is 13.3 Å². The number of guanidine groups is 1. The highest BCUT2D eigenvalue weighted by Gasteiger charge is 2.31. The molecule has 0 aliphatic heterocycles. The maximum Gasteiger partial charge on any atom is 0.573 e. The van der Waals surface area contributed by atoms with E-state index in [1.807, 2.05) is 0 Å². The minimum absolute atomic E-state index is 0.175. The Morgan fingerprint density at radius 3 is 2.39 bits per heavy atom. The number of nitrogens with two attached hydrogens (primary N) is 2. The monoisotopic (exact) mass is 327 g/mol. The third-order valence-corrected chi connectivity index (χ3v) is 2.79. The summed E-state index contributed by atoms with van der Waals surface area (Å²) in [6.07, 6.45) is -3.49. The van der Waals surface area contributed by atoms with Gasteiger partial charge in [-0.15, -0.1) is 13.2 Å². The number of hydrogen-bond donors (Lipinski definition) is 2. The number of halogens is 3. The first kappa shape index (κ1) is 16.3. The van der Waals surface area contributed by atoms with Crippen LogP contribution >= 0.6 is 0 Å². The number of aliphatic imine (C=N–C) groups is 1. The fourth-order valence-electron chi connectivity index (χ4n) is 1.85. The van der Waals surface area contributed by atoms with Crippen molar-refractivity contribution < 1.29 is 22.7 Å². The van der Waals surface area contributed by atoms with E-state index in [9.17, 15) is 18.0 Å².